The Morgan fingerprint density at radius 2 is 1.17 bits per heavy atom. The molecule has 0 aliphatic heterocycles. The second kappa shape index (κ2) is 9.03. The molecule has 0 heterocycles. The van der Waals surface area contributed by atoms with Gasteiger partial charge in [-0.05, 0) is 56.6 Å². The van der Waals surface area contributed by atoms with Gasteiger partial charge in [-0.3, -0.25) is 0 Å². The molecule has 6 aromatic carbocycles. The highest BCUT2D eigenvalue weighted by Gasteiger charge is 2.34. The summed E-state index contributed by atoms with van der Waals surface area (Å²) in [5.41, 5.74) is 0.915. The molecule has 0 radical (unpaired) electrons. The number of rotatable bonds is 7. The lowest BCUT2D eigenvalue weighted by Crippen LogP contribution is -2.17. The second-order valence-corrected chi connectivity index (χ2v) is 10.4. The quantitative estimate of drug-likeness (QED) is 0.0981. The molecule has 6 aromatic rings. The van der Waals surface area contributed by atoms with E-state index in [-0.39, 0.29) is 0 Å². The van der Waals surface area contributed by atoms with E-state index in [0.29, 0.717) is 11.5 Å². The van der Waals surface area contributed by atoms with Gasteiger partial charge in [-0.15, -0.1) is 0 Å². The van der Waals surface area contributed by atoms with E-state index in [9.17, 15) is 4.57 Å². The molecule has 0 aromatic heterocycles. The molecule has 0 aliphatic rings. The van der Waals surface area contributed by atoms with Gasteiger partial charge in [0.2, 0.25) is 0 Å². The predicted molar refractivity (Wildman–Crippen MR) is 147 cm³/mol. The Balaban J connectivity index is 1.39. The third kappa shape index (κ3) is 4.04. The Morgan fingerprint density at radius 1 is 0.639 bits per heavy atom. The average Bonchev–Trinajstić information content (AvgIpc) is 2.91. The van der Waals surface area contributed by atoms with E-state index < -0.39 is 7.75 Å². The van der Waals surface area contributed by atoms with Crippen LogP contribution in [0.2, 0.25) is 0 Å². The first-order valence-corrected chi connectivity index (χ1v) is 13.1. The van der Waals surface area contributed by atoms with E-state index in [1.54, 1.807) is 37.5 Å². The fraction of sp³-hybridized carbons (Fsp3) is 0.0333. The minimum atomic E-state index is -3.87. The number of hydrogen-bond acceptors (Lipinski definition) is 4. The van der Waals surface area contributed by atoms with Crippen LogP contribution in [0.25, 0.3) is 32.3 Å². The zero-order chi connectivity index (χ0) is 24.5. The van der Waals surface area contributed by atoms with Crippen LogP contribution >= 0.6 is 7.75 Å². The summed E-state index contributed by atoms with van der Waals surface area (Å²) >= 11 is 0. The Labute approximate surface area is 209 Å². The van der Waals surface area contributed by atoms with Crippen LogP contribution in [0.4, 0.5) is 0 Å². The van der Waals surface area contributed by atoms with Crippen LogP contribution in [-0.4, -0.2) is 18.0 Å². The lowest BCUT2D eigenvalue weighted by molar-refractivity contribution is 0.312. The van der Waals surface area contributed by atoms with Gasteiger partial charge >= 0.3 is 7.75 Å². The van der Waals surface area contributed by atoms with E-state index >= 15 is 0 Å². The van der Waals surface area contributed by atoms with Gasteiger partial charge < -0.3 is 9.05 Å². The molecular weight excluding hydrogens is 467 g/mol. The molecule has 0 saturated heterocycles. The lowest BCUT2D eigenvalue weighted by atomic mass is 9.92. The molecule has 0 N–H and O–H groups in total. The van der Waals surface area contributed by atoms with Crippen molar-refractivity contribution >= 4 is 46.3 Å². The molecule has 36 heavy (non-hydrogen) atoms. The van der Waals surface area contributed by atoms with Gasteiger partial charge in [-0.2, -0.15) is 9.88 Å². The molecule has 0 unspecified atom stereocenters. The normalized spacial score (nSPS) is 12.0. The summed E-state index contributed by atoms with van der Waals surface area (Å²) in [6.07, 6.45) is 1.71. The minimum absolute atomic E-state index is 0.432. The van der Waals surface area contributed by atoms with Crippen molar-refractivity contribution in [1.29, 1.82) is 0 Å². The third-order valence-electron chi connectivity index (χ3n) is 6.21. The monoisotopic (exact) mass is 490 g/mol. The largest absolute Gasteiger partial charge is 0.559 e. The molecule has 5 nitrogen and oxygen atoms in total. The number of hydrazone groups is 1. The SMILES string of the molecule is CN(/N=C/c1ccc2ccc3cccc4ccc1c2c34)P(=O)(Oc1ccccc1)Oc1ccccc1. The number of hydrogen-bond donors (Lipinski definition) is 0. The summed E-state index contributed by atoms with van der Waals surface area (Å²) < 4.78 is 27.0. The van der Waals surface area contributed by atoms with Crippen molar-refractivity contribution in [3.63, 3.8) is 0 Å². The number of nitrogens with zero attached hydrogens (tertiary/aromatic N) is 2. The first-order valence-electron chi connectivity index (χ1n) is 11.6. The van der Waals surface area contributed by atoms with Crippen molar-refractivity contribution in [3.8, 4) is 11.5 Å². The summed E-state index contributed by atoms with van der Waals surface area (Å²) in [5.74, 6) is 0.864. The third-order valence-corrected chi connectivity index (χ3v) is 7.90. The summed E-state index contributed by atoms with van der Waals surface area (Å²) in [5, 5.41) is 11.6. The van der Waals surface area contributed by atoms with Crippen LogP contribution in [0.1, 0.15) is 5.56 Å². The fourth-order valence-electron chi connectivity index (χ4n) is 4.45. The van der Waals surface area contributed by atoms with Gasteiger partial charge in [0.05, 0.1) is 6.21 Å². The Kier molecular flexibility index (Phi) is 5.55. The van der Waals surface area contributed by atoms with E-state index in [0.717, 1.165) is 10.9 Å². The van der Waals surface area contributed by atoms with Crippen molar-refractivity contribution in [3.05, 3.63) is 121 Å². The minimum Gasteiger partial charge on any atom is -0.399 e. The van der Waals surface area contributed by atoms with Crippen molar-refractivity contribution < 1.29 is 13.6 Å². The van der Waals surface area contributed by atoms with Crippen LogP contribution in [0.5, 0.6) is 11.5 Å². The van der Waals surface area contributed by atoms with Crippen molar-refractivity contribution in [2.75, 3.05) is 7.05 Å². The number of benzene rings is 6. The van der Waals surface area contributed by atoms with Crippen LogP contribution in [-0.2, 0) is 4.57 Å². The smallest absolute Gasteiger partial charge is 0.399 e. The highest BCUT2D eigenvalue weighted by Crippen LogP contribution is 2.51. The Morgan fingerprint density at radius 3 is 1.78 bits per heavy atom. The molecule has 0 atom stereocenters. The molecule has 176 valence electrons. The van der Waals surface area contributed by atoms with Gasteiger partial charge in [-0.1, -0.05) is 91.0 Å². The molecule has 0 spiro atoms. The predicted octanol–water partition coefficient (Wildman–Crippen LogP) is 8.12. The average molecular weight is 490 g/mol. The second-order valence-electron chi connectivity index (χ2n) is 8.52. The molecule has 0 aliphatic carbocycles. The van der Waals surface area contributed by atoms with E-state index in [1.165, 1.54) is 31.7 Å². The molecule has 0 bridgehead atoms. The highest BCUT2D eigenvalue weighted by atomic mass is 31.2. The van der Waals surface area contributed by atoms with Crippen LogP contribution in [0, 0.1) is 0 Å². The van der Waals surface area contributed by atoms with E-state index in [1.807, 2.05) is 42.5 Å². The van der Waals surface area contributed by atoms with Crippen LogP contribution in [0.15, 0.2) is 120 Å². The zero-order valence-corrected chi connectivity index (χ0v) is 20.5. The van der Waals surface area contributed by atoms with Crippen molar-refractivity contribution in [2.45, 2.75) is 0 Å². The van der Waals surface area contributed by atoms with Crippen molar-refractivity contribution in [1.82, 2.24) is 4.78 Å². The highest BCUT2D eigenvalue weighted by molar-refractivity contribution is 7.52. The van der Waals surface area contributed by atoms with E-state index in [2.05, 4.69) is 53.6 Å². The molecule has 6 heteroatoms. The summed E-state index contributed by atoms with van der Waals surface area (Å²) in [7, 11) is -2.28. The maximum atomic E-state index is 14.0. The van der Waals surface area contributed by atoms with E-state index in [4.69, 9.17) is 9.05 Å². The zero-order valence-electron chi connectivity index (χ0n) is 19.6. The Hall–Kier alpha value is -4.34. The van der Waals surface area contributed by atoms with Gasteiger partial charge in [0.15, 0.2) is 0 Å². The number of para-hydroxylation sites is 2. The lowest BCUT2D eigenvalue weighted by Gasteiger charge is -2.25. The van der Waals surface area contributed by atoms with Crippen LogP contribution in [0.3, 0.4) is 0 Å². The molecule has 0 fully saturated rings. The molecule has 0 saturated carbocycles. The van der Waals surface area contributed by atoms with Crippen molar-refractivity contribution in [2.24, 2.45) is 5.10 Å². The molecule has 6 rings (SSSR count). The summed E-state index contributed by atoms with van der Waals surface area (Å²) in [6, 6.07) is 37.0. The van der Waals surface area contributed by atoms with Gasteiger partial charge in [0, 0.05) is 12.6 Å². The summed E-state index contributed by atoms with van der Waals surface area (Å²) in [4.78, 5) is 0. The standard InChI is InChI=1S/C30H23N2O3P/c1-32(36(33,34-26-11-4-2-5-12-26)35-27-13-6-3-7-14-27)31-21-25-18-17-24-16-15-22-9-8-10-23-19-20-28(25)30(24)29(22)23/h2-21H,1H3/b31-21+. The van der Waals surface area contributed by atoms with Gasteiger partial charge in [0.1, 0.15) is 11.5 Å². The topological polar surface area (TPSA) is 51.1 Å². The first-order chi connectivity index (χ1) is 17.6. The first kappa shape index (κ1) is 22.1. The van der Waals surface area contributed by atoms with Gasteiger partial charge in [-0.25, -0.2) is 4.57 Å². The summed E-state index contributed by atoms with van der Waals surface area (Å²) in [6.45, 7) is 0. The maximum absolute atomic E-state index is 14.0. The maximum Gasteiger partial charge on any atom is 0.559 e. The molecule has 0 amide bonds. The van der Waals surface area contributed by atoms with Gasteiger partial charge in [0.25, 0.3) is 0 Å². The molecular formula is C30H23N2O3P. The van der Waals surface area contributed by atoms with Crippen LogP contribution < -0.4 is 9.05 Å². The Bertz CT molecular complexity index is 1670. The fourth-order valence-corrected chi connectivity index (χ4v) is 5.67.